The summed E-state index contributed by atoms with van der Waals surface area (Å²) in [4.78, 5) is 37.8. The molecule has 9 heteroatoms. The summed E-state index contributed by atoms with van der Waals surface area (Å²) in [6.45, 7) is -0.556. The Morgan fingerprint density at radius 3 is 2.03 bits per heavy atom. The van der Waals surface area contributed by atoms with Gasteiger partial charge in [0.15, 0.2) is 0 Å². The Hall–Kier alpha value is -3.43. The summed E-state index contributed by atoms with van der Waals surface area (Å²) in [6.07, 6.45) is -0.787. The van der Waals surface area contributed by atoms with E-state index >= 15 is 0 Å². The lowest BCUT2D eigenvalue weighted by Crippen LogP contribution is -2.55. The summed E-state index contributed by atoms with van der Waals surface area (Å²) in [7, 11) is 3.42. The first-order chi connectivity index (χ1) is 15.3. The second-order valence-corrected chi connectivity index (χ2v) is 7.87. The summed E-state index contributed by atoms with van der Waals surface area (Å²) in [6, 6.07) is 13.4. The first-order valence-electron chi connectivity index (χ1n) is 10.2. The van der Waals surface area contributed by atoms with Crippen LogP contribution >= 0.6 is 0 Å². The highest BCUT2D eigenvalue weighted by Crippen LogP contribution is 2.44. The summed E-state index contributed by atoms with van der Waals surface area (Å²) in [5.74, 6) is -2.22. The van der Waals surface area contributed by atoms with Crippen molar-refractivity contribution in [1.82, 2.24) is 15.5 Å². The molecule has 2 amide bonds. The number of carbonyl (C=O) groups is 3. The molecule has 0 spiro atoms. The van der Waals surface area contributed by atoms with Crippen LogP contribution in [0, 0.1) is 0 Å². The van der Waals surface area contributed by atoms with Crippen LogP contribution in [0.1, 0.15) is 17.0 Å². The van der Waals surface area contributed by atoms with Crippen LogP contribution in [0.25, 0.3) is 11.1 Å². The van der Waals surface area contributed by atoms with Gasteiger partial charge < -0.3 is 30.5 Å². The van der Waals surface area contributed by atoms with Gasteiger partial charge in [-0.3, -0.25) is 4.79 Å². The fraction of sp³-hybridized carbons (Fsp3) is 0.348. The topological polar surface area (TPSA) is 128 Å². The lowest BCUT2D eigenvalue weighted by atomic mass is 9.98. The number of rotatable bonds is 9. The van der Waals surface area contributed by atoms with Gasteiger partial charge in [0.2, 0.25) is 5.91 Å². The van der Waals surface area contributed by atoms with Gasteiger partial charge in [-0.05, 0) is 36.3 Å². The number of carboxylic acid groups (broad SMARTS) is 1. The van der Waals surface area contributed by atoms with Crippen molar-refractivity contribution in [2.24, 2.45) is 0 Å². The van der Waals surface area contributed by atoms with Crippen molar-refractivity contribution in [3.05, 3.63) is 59.7 Å². The first-order valence-corrected chi connectivity index (χ1v) is 10.2. The van der Waals surface area contributed by atoms with Gasteiger partial charge in [0.1, 0.15) is 18.7 Å². The molecule has 1 aliphatic rings. The van der Waals surface area contributed by atoms with E-state index in [1.165, 1.54) is 0 Å². The van der Waals surface area contributed by atoms with Crippen molar-refractivity contribution in [1.29, 1.82) is 0 Å². The van der Waals surface area contributed by atoms with Crippen LogP contribution in [0.5, 0.6) is 0 Å². The molecule has 2 aromatic carbocycles. The number of nitrogens with one attached hydrogen (secondary N) is 2. The van der Waals surface area contributed by atoms with Crippen LogP contribution in [-0.4, -0.2) is 79.0 Å². The Morgan fingerprint density at radius 1 is 0.969 bits per heavy atom. The number of aliphatic hydroxyl groups is 1. The van der Waals surface area contributed by atoms with Gasteiger partial charge in [-0.1, -0.05) is 48.5 Å². The van der Waals surface area contributed by atoms with Crippen molar-refractivity contribution in [3.8, 4) is 11.1 Å². The van der Waals surface area contributed by atoms with Crippen molar-refractivity contribution >= 4 is 18.0 Å². The molecular weight excluding hydrogens is 414 g/mol. The van der Waals surface area contributed by atoms with Crippen molar-refractivity contribution in [2.75, 3.05) is 33.9 Å². The Labute approximate surface area is 186 Å². The normalized spacial score (nSPS) is 14.2. The van der Waals surface area contributed by atoms with Gasteiger partial charge in [-0.2, -0.15) is 0 Å². The van der Waals surface area contributed by atoms with Crippen molar-refractivity contribution in [2.45, 2.75) is 18.0 Å². The van der Waals surface area contributed by atoms with E-state index in [0.29, 0.717) is 0 Å². The molecular formula is C23H27N3O6. The maximum Gasteiger partial charge on any atom is 0.407 e. The summed E-state index contributed by atoms with van der Waals surface area (Å²) in [5.41, 5.74) is 4.34. The minimum atomic E-state index is -1.46. The zero-order valence-corrected chi connectivity index (χ0v) is 17.9. The van der Waals surface area contributed by atoms with E-state index < -0.39 is 36.7 Å². The summed E-state index contributed by atoms with van der Waals surface area (Å²) < 4.78 is 5.47. The molecule has 170 valence electrons. The number of amides is 2. The number of carboxylic acids is 1. The zero-order valence-electron chi connectivity index (χ0n) is 17.9. The van der Waals surface area contributed by atoms with E-state index in [0.717, 1.165) is 22.3 Å². The van der Waals surface area contributed by atoms with Gasteiger partial charge in [-0.25, -0.2) is 9.59 Å². The molecule has 0 aliphatic heterocycles. The molecule has 0 heterocycles. The number of hydrogen-bond donors (Lipinski definition) is 4. The number of hydrogen-bond acceptors (Lipinski definition) is 6. The maximum absolute atomic E-state index is 12.5. The maximum atomic E-state index is 12.5. The number of fused-ring (bicyclic) bond motifs is 3. The molecule has 2 aromatic rings. The van der Waals surface area contributed by atoms with Crippen LogP contribution in [0.3, 0.4) is 0 Å². The largest absolute Gasteiger partial charge is 0.480 e. The van der Waals surface area contributed by atoms with E-state index in [1.54, 1.807) is 19.0 Å². The average molecular weight is 441 g/mol. The van der Waals surface area contributed by atoms with Gasteiger partial charge in [-0.15, -0.1) is 0 Å². The Morgan fingerprint density at radius 2 is 1.53 bits per heavy atom. The molecule has 3 rings (SSSR count). The Kier molecular flexibility index (Phi) is 7.45. The summed E-state index contributed by atoms with van der Waals surface area (Å²) in [5, 5.41) is 22.9. The van der Waals surface area contributed by atoms with Crippen LogP contribution < -0.4 is 10.6 Å². The highest BCUT2D eigenvalue weighted by atomic mass is 16.5. The monoisotopic (exact) mass is 441 g/mol. The second-order valence-electron chi connectivity index (χ2n) is 7.87. The molecule has 0 bridgehead atoms. The first kappa shape index (κ1) is 23.2. The molecule has 0 fully saturated rings. The van der Waals surface area contributed by atoms with Crippen molar-refractivity contribution in [3.63, 3.8) is 0 Å². The molecule has 4 N–H and O–H groups in total. The van der Waals surface area contributed by atoms with E-state index in [-0.39, 0.29) is 19.1 Å². The second kappa shape index (κ2) is 10.3. The molecule has 0 radical (unpaired) electrons. The third kappa shape index (κ3) is 5.24. The smallest absolute Gasteiger partial charge is 0.407 e. The highest BCUT2D eigenvalue weighted by molar-refractivity contribution is 5.89. The number of benzene rings is 2. The molecule has 0 aromatic heterocycles. The predicted octanol–water partition coefficient (Wildman–Crippen LogP) is 1.02. The van der Waals surface area contributed by atoms with Crippen LogP contribution in [0.4, 0.5) is 4.79 Å². The number of carbonyl (C=O) groups excluding carboxylic acids is 2. The summed E-state index contributed by atoms with van der Waals surface area (Å²) >= 11 is 0. The number of ether oxygens (including phenoxy) is 1. The average Bonchev–Trinajstić information content (AvgIpc) is 3.08. The van der Waals surface area contributed by atoms with E-state index in [9.17, 15) is 14.4 Å². The van der Waals surface area contributed by atoms with Crippen LogP contribution in [0.2, 0.25) is 0 Å². The molecule has 0 saturated heterocycles. The van der Waals surface area contributed by atoms with Crippen molar-refractivity contribution < 1.29 is 29.3 Å². The molecule has 2 atom stereocenters. The predicted molar refractivity (Wildman–Crippen MR) is 117 cm³/mol. The lowest BCUT2D eigenvalue weighted by Gasteiger charge is -2.23. The lowest BCUT2D eigenvalue weighted by molar-refractivity contribution is -0.143. The Balaban J connectivity index is 1.67. The van der Waals surface area contributed by atoms with E-state index in [4.69, 9.17) is 14.9 Å². The third-order valence-corrected chi connectivity index (χ3v) is 5.30. The minimum Gasteiger partial charge on any atom is -0.480 e. The number of likely N-dealkylation sites (N-methyl/N-ethyl adjacent to an activating group) is 1. The third-order valence-electron chi connectivity index (χ3n) is 5.30. The molecule has 0 saturated carbocycles. The fourth-order valence-corrected chi connectivity index (χ4v) is 3.80. The quantitative estimate of drug-likeness (QED) is 0.457. The van der Waals surface area contributed by atoms with E-state index in [1.807, 2.05) is 48.5 Å². The number of nitrogens with zero attached hydrogens (tertiary/aromatic N) is 1. The highest BCUT2D eigenvalue weighted by Gasteiger charge is 2.30. The van der Waals surface area contributed by atoms with Gasteiger partial charge in [0.25, 0.3) is 0 Å². The number of alkyl carbamates (subject to hydrolysis) is 1. The zero-order chi connectivity index (χ0) is 23.3. The fourth-order valence-electron chi connectivity index (χ4n) is 3.80. The molecule has 1 unspecified atom stereocenters. The Bertz CT molecular complexity index is 948. The number of aliphatic hydroxyl groups excluding tert-OH is 1. The van der Waals surface area contributed by atoms with Gasteiger partial charge in [0.05, 0.1) is 6.61 Å². The SMILES string of the molecule is CN(C)CC(NC(=O)OCC1c2ccccc2-c2ccccc21)C(=O)N[C@H](CO)C(=O)O. The van der Waals surface area contributed by atoms with Crippen LogP contribution in [-0.2, 0) is 14.3 Å². The van der Waals surface area contributed by atoms with Crippen LogP contribution in [0.15, 0.2) is 48.5 Å². The molecule has 9 nitrogen and oxygen atoms in total. The van der Waals surface area contributed by atoms with Gasteiger partial charge >= 0.3 is 12.1 Å². The van der Waals surface area contributed by atoms with E-state index in [2.05, 4.69) is 10.6 Å². The molecule has 1 aliphatic carbocycles. The number of aliphatic carboxylic acids is 1. The minimum absolute atomic E-state index is 0.0879. The molecule has 32 heavy (non-hydrogen) atoms. The standard InChI is InChI=1S/C23H27N3O6/c1-26(2)11-19(21(28)24-20(12-27)22(29)30)25-23(31)32-13-18-16-9-5-3-7-14(16)15-8-4-6-10-17(15)18/h3-10,18-20,27H,11-13H2,1-2H3,(H,24,28)(H,25,31)(H,29,30)/t19?,20-/m1/s1. The van der Waals surface area contributed by atoms with Gasteiger partial charge in [0, 0.05) is 12.5 Å².